The van der Waals surface area contributed by atoms with E-state index in [1.807, 2.05) is 25.1 Å². The van der Waals surface area contributed by atoms with Crippen LogP contribution in [0, 0.1) is 0 Å². The van der Waals surface area contributed by atoms with Crippen LogP contribution >= 0.6 is 11.8 Å². The minimum atomic E-state index is -0.0465. The number of hydrogen-bond acceptors (Lipinski definition) is 4. The summed E-state index contributed by atoms with van der Waals surface area (Å²) in [5, 5.41) is 2.88. The van der Waals surface area contributed by atoms with E-state index < -0.39 is 0 Å². The minimum absolute atomic E-state index is 0.0304. The normalized spacial score (nSPS) is 14.7. The van der Waals surface area contributed by atoms with Gasteiger partial charge in [-0.3, -0.25) is 4.79 Å². The Bertz CT molecular complexity index is 464. The number of ether oxygens (including phenoxy) is 2. The van der Waals surface area contributed by atoms with Gasteiger partial charge < -0.3 is 14.8 Å². The second-order valence-corrected chi connectivity index (χ2v) is 6.16. The first-order chi connectivity index (χ1) is 9.70. The predicted octanol–water partition coefficient (Wildman–Crippen LogP) is 3.32. The van der Waals surface area contributed by atoms with Crippen LogP contribution in [-0.2, 0) is 4.79 Å². The van der Waals surface area contributed by atoms with E-state index >= 15 is 0 Å². The van der Waals surface area contributed by atoms with Crippen LogP contribution in [0.3, 0.4) is 0 Å². The molecule has 1 N–H and O–H groups in total. The number of hydrogen-bond donors (Lipinski definition) is 1. The van der Waals surface area contributed by atoms with Gasteiger partial charge in [0.1, 0.15) is 13.2 Å². The molecule has 0 radical (unpaired) electrons. The number of unbranched alkanes of at least 4 members (excludes halogenated alkanes) is 1. The number of benzene rings is 1. The summed E-state index contributed by atoms with van der Waals surface area (Å²) in [5.74, 6) is 2.48. The molecular weight excluding hydrogens is 274 g/mol. The summed E-state index contributed by atoms with van der Waals surface area (Å²) in [7, 11) is 0. The molecule has 4 nitrogen and oxygen atoms in total. The van der Waals surface area contributed by atoms with Gasteiger partial charge in [-0.15, -0.1) is 11.8 Å². The van der Waals surface area contributed by atoms with E-state index in [0.29, 0.717) is 19.0 Å². The lowest BCUT2D eigenvalue weighted by Crippen LogP contribution is -2.23. The molecule has 2 rings (SSSR count). The molecule has 1 aliphatic heterocycles. The van der Waals surface area contributed by atoms with Crippen LogP contribution in [-0.4, -0.2) is 30.1 Å². The molecule has 1 atom stereocenters. The SMILES string of the molecule is CCCCSC(C)C(=O)Nc1ccc2c(c1)OCCO2. The van der Waals surface area contributed by atoms with Crippen molar-refractivity contribution in [3.8, 4) is 11.5 Å². The molecule has 5 heteroatoms. The van der Waals surface area contributed by atoms with Crippen LogP contribution in [0.1, 0.15) is 26.7 Å². The Morgan fingerprint density at radius 3 is 2.85 bits per heavy atom. The highest BCUT2D eigenvalue weighted by atomic mass is 32.2. The van der Waals surface area contributed by atoms with Crippen molar-refractivity contribution in [3.63, 3.8) is 0 Å². The molecule has 0 saturated carbocycles. The number of carbonyl (C=O) groups excluding carboxylic acids is 1. The van der Waals surface area contributed by atoms with Gasteiger partial charge in [-0.2, -0.15) is 0 Å². The molecule has 0 aromatic heterocycles. The molecule has 0 bridgehead atoms. The van der Waals surface area contributed by atoms with Crippen molar-refractivity contribution >= 4 is 23.4 Å². The fourth-order valence-electron chi connectivity index (χ4n) is 1.85. The predicted molar refractivity (Wildman–Crippen MR) is 82.9 cm³/mol. The average Bonchev–Trinajstić information content (AvgIpc) is 2.47. The second kappa shape index (κ2) is 7.43. The topological polar surface area (TPSA) is 47.6 Å². The Kier molecular flexibility index (Phi) is 5.59. The maximum absolute atomic E-state index is 12.1. The van der Waals surface area contributed by atoms with Crippen molar-refractivity contribution in [1.82, 2.24) is 0 Å². The molecule has 110 valence electrons. The third kappa shape index (κ3) is 4.07. The summed E-state index contributed by atoms with van der Waals surface area (Å²) >= 11 is 1.69. The van der Waals surface area contributed by atoms with Gasteiger partial charge in [-0.25, -0.2) is 0 Å². The molecule has 0 fully saturated rings. The van der Waals surface area contributed by atoms with Gasteiger partial charge in [0, 0.05) is 11.8 Å². The fourth-order valence-corrected chi connectivity index (χ4v) is 2.86. The van der Waals surface area contributed by atoms with E-state index in [2.05, 4.69) is 12.2 Å². The summed E-state index contributed by atoms with van der Waals surface area (Å²) in [6.45, 7) is 5.21. The van der Waals surface area contributed by atoms with E-state index in [1.54, 1.807) is 11.8 Å². The maximum atomic E-state index is 12.1. The summed E-state index contributed by atoms with van der Waals surface area (Å²) in [6, 6.07) is 5.49. The largest absolute Gasteiger partial charge is 0.486 e. The first-order valence-corrected chi connectivity index (χ1v) is 8.07. The summed E-state index contributed by atoms with van der Waals surface area (Å²) in [6.07, 6.45) is 2.30. The molecule has 1 unspecified atom stereocenters. The van der Waals surface area contributed by atoms with Crippen molar-refractivity contribution < 1.29 is 14.3 Å². The Morgan fingerprint density at radius 2 is 2.10 bits per heavy atom. The summed E-state index contributed by atoms with van der Waals surface area (Å²) in [4.78, 5) is 12.1. The van der Waals surface area contributed by atoms with E-state index in [-0.39, 0.29) is 11.2 Å². The Hall–Kier alpha value is -1.36. The van der Waals surface area contributed by atoms with Gasteiger partial charge in [-0.1, -0.05) is 13.3 Å². The maximum Gasteiger partial charge on any atom is 0.237 e. The zero-order chi connectivity index (χ0) is 14.4. The number of fused-ring (bicyclic) bond motifs is 1. The molecular formula is C15H21NO3S. The molecule has 1 aliphatic rings. The molecule has 20 heavy (non-hydrogen) atoms. The number of amides is 1. The van der Waals surface area contributed by atoms with E-state index in [9.17, 15) is 4.79 Å². The monoisotopic (exact) mass is 295 g/mol. The molecule has 1 amide bonds. The zero-order valence-corrected chi connectivity index (χ0v) is 12.8. The number of anilines is 1. The van der Waals surface area contributed by atoms with Crippen molar-refractivity contribution in [1.29, 1.82) is 0 Å². The highest BCUT2D eigenvalue weighted by molar-refractivity contribution is 8.00. The Labute approximate surface area is 124 Å². The van der Waals surface area contributed by atoms with Gasteiger partial charge in [0.15, 0.2) is 11.5 Å². The third-order valence-electron chi connectivity index (χ3n) is 3.04. The second-order valence-electron chi connectivity index (χ2n) is 4.71. The van der Waals surface area contributed by atoms with Crippen molar-refractivity contribution in [2.45, 2.75) is 31.9 Å². The van der Waals surface area contributed by atoms with E-state index in [1.165, 1.54) is 0 Å². The minimum Gasteiger partial charge on any atom is -0.486 e. The van der Waals surface area contributed by atoms with E-state index in [4.69, 9.17) is 9.47 Å². The van der Waals surface area contributed by atoms with Gasteiger partial charge in [0.05, 0.1) is 5.25 Å². The van der Waals surface area contributed by atoms with Gasteiger partial charge in [-0.05, 0) is 31.2 Å². The number of rotatable bonds is 6. The number of thioether (sulfide) groups is 1. The van der Waals surface area contributed by atoms with Crippen molar-refractivity contribution in [2.75, 3.05) is 24.3 Å². The van der Waals surface area contributed by atoms with Gasteiger partial charge in [0.25, 0.3) is 0 Å². The average molecular weight is 295 g/mol. The number of nitrogens with one attached hydrogen (secondary N) is 1. The summed E-state index contributed by atoms with van der Waals surface area (Å²) < 4.78 is 11.0. The summed E-state index contributed by atoms with van der Waals surface area (Å²) in [5.41, 5.74) is 0.752. The molecule has 0 aliphatic carbocycles. The number of carbonyl (C=O) groups is 1. The molecule has 0 spiro atoms. The zero-order valence-electron chi connectivity index (χ0n) is 12.0. The van der Waals surface area contributed by atoms with Crippen LogP contribution in [0.15, 0.2) is 18.2 Å². The lowest BCUT2D eigenvalue weighted by atomic mass is 10.2. The smallest absolute Gasteiger partial charge is 0.237 e. The lowest BCUT2D eigenvalue weighted by Gasteiger charge is -2.19. The fraction of sp³-hybridized carbons (Fsp3) is 0.533. The van der Waals surface area contributed by atoms with Crippen molar-refractivity contribution in [2.24, 2.45) is 0 Å². The van der Waals surface area contributed by atoms with Crippen LogP contribution in [0.25, 0.3) is 0 Å². The van der Waals surface area contributed by atoms with Crippen LogP contribution < -0.4 is 14.8 Å². The standard InChI is InChI=1S/C15H21NO3S/c1-3-4-9-20-11(2)15(17)16-12-5-6-13-14(10-12)19-8-7-18-13/h5-6,10-11H,3-4,7-9H2,1-2H3,(H,16,17). The van der Waals surface area contributed by atoms with Crippen LogP contribution in [0.4, 0.5) is 5.69 Å². The molecule has 0 saturated heterocycles. The van der Waals surface area contributed by atoms with Gasteiger partial charge >= 0.3 is 0 Å². The van der Waals surface area contributed by atoms with Crippen molar-refractivity contribution in [3.05, 3.63) is 18.2 Å². The first kappa shape index (κ1) is 15.0. The third-order valence-corrected chi connectivity index (χ3v) is 4.28. The quantitative estimate of drug-likeness (QED) is 0.818. The lowest BCUT2D eigenvalue weighted by molar-refractivity contribution is -0.115. The Balaban J connectivity index is 1.90. The first-order valence-electron chi connectivity index (χ1n) is 7.03. The van der Waals surface area contributed by atoms with Crippen LogP contribution in [0.2, 0.25) is 0 Å². The van der Waals surface area contributed by atoms with E-state index in [0.717, 1.165) is 30.0 Å². The molecule has 1 heterocycles. The molecule has 1 aromatic carbocycles. The highest BCUT2D eigenvalue weighted by Gasteiger charge is 2.16. The Morgan fingerprint density at radius 1 is 1.35 bits per heavy atom. The van der Waals surface area contributed by atoms with Gasteiger partial charge in [0.2, 0.25) is 5.91 Å². The van der Waals surface area contributed by atoms with Crippen LogP contribution in [0.5, 0.6) is 11.5 Å². The molecule has 1 aromatic rings. The highest BCUT2D eigenvalue weighted by Crippen LogP contribution is 2.32.